The smallest absolute Gasteiger partial charge is 0.483 e. The second-order valence-corrected chi connectivity index (χ2v) is 5.84. The van der Waals surface area contributed by atoms with Gasteiger partial charge in [-0.2, -0.15) is 8.78 Å². The number of terminal acetylenes is 1. The summed E-state index contributed by atoms with van der Waals surface area (Å²) in [7, 11) is 0. The van der Waals surface area contributed by atoms with E-state index in [0.29, 0.717) is 16.5 Å². The number of allylic oxidation sites excluding steroid dienone is 1. The minimum absolute atomic E-state index is 0.156. The number of carbonyl (C=O) groups excluding carboxylic acids is 1. The van der Waals surface area contributed by atoms with Gasteiger partial charge >= 0.3 is 12.0 Å². The Labute approximate surface area is 151 Å². The van der Waals surface area contributed by atoms with Crippen LogP contribution in [0.3, 0.4) is 0 Å². The van der Waals surface area contributed by atoms with Crippen LogP contribution in [0.25, 0.3) is 11.3 Å². The lowest BCUT2D eigenvalue weighted by Gasteiger charge is -2.32. The normalized spacial score (nSPS) is 15.1. The number of fused-ring (bicyclic) bond motifs is 1. The maximum Gasteiger partial charge on any atom is 0.483 e. The molecule has 3 rings (SSSR count). The van der Waals surface area contributed by atoms with Gasteiger partial charge in [-0.05, 0) is 18.6 Å². The third-order valence-corrected chi connectivity index (χ3v) is 3.96. The zero-order chi connectivity index (χ0) is 20.1. The van der Waals surface area contributed by atoms with Crippen LogP contribution in [0.4, 0.5) is 18.9 Å². The van der Waals surface area contributed by atoms with Crippen LogP contribution in [0, 0.1) is 18.2 Å². The Morgan fingerprint density at radius 3 is 2.56 bits per heavy atom. The Kier molecular flexibility index (Phi) is 4.07. The molecule has 0 bridgehead atoms. The molecular weight excluding hydrogens is 365 g/mol. The van der Waals surface area contributed by atoms with Crippen molar-refractivity contribution in [2.75, 3.05) is 11.4 Å². The molecule has 0 unspecified atom stereocenters. The Morgan fingerprint density at radius 2 is 2.00 bits per heavy atom. The minimum atomic E-state index is -4.21. The summed E-state index contributed by atoms with van der Waals surface area (Å²) >= 11 is 0. The van der Waals surface area contributed by atoms with Crippen LogP contribution in [0.15, 0.2) is 24.8 Å². The Morgan fingerprint density at radius 1 is 1.33 bits per heavy atom. The molecule has 2 heterocycles. The van der Waals surface area contributed by atoms with Crippen molar-refractivity contribution in [1.29, 1.82) is 0 Å². The zero-order valence-electron chi connectivity index (χ0n) is 14.0. The van der Waals surface area contributed by atoms with Crippen molar-refractivity contribution in [2.45, 2.75) is 13.0 Å². The highest BCUT2D eigenvalue weighted by Crippen LogP contribution is 2.43. The van der Waals surface area contributed by atoms with E-state index in [4.69, 9.17) is 6.42 Å². The first kappa shape index (κ1) is 18.3. The number of ether oxygens (including phenoxy) is 1. The van der Waals surface area contributed by atoms with Crippen molar-refractivity contribution in [3.05, 3.63) is 36.2 Å². The number of amides is 1. The first-order valence-electron chi connectivity index (χ1n) is 7.54. The van der Waals surface area contributed by atoms with Gasteiger partial charge in [0.15, 0.2) is 17.4 Å². The summed E-state index contributed by atoms with van der Waals surface area (Å²) in [5.74, 6) is -2.39. The van der Waals surface area contributed by atoms with Gasteiger partial charge in [0.1, 0.15) is 0 Å². The van der Waals surface area contributed by atoms with E-state index in [0.717, 1.165) is 16.7 Å². The first-order chi connectivity index (χ1) is 12.6. The second kappa shape index (κ2) is 6.02. The van der Waals surface area contributed by atoms with Crippen LogP contribution in [-0.4, -0.2) is 33.3 Å². The number of halogens is 3. The van der Waals surface area contributed by atoms with Gasteiger partial charge in [0.05, 0.1) is 17.9 Å². The molecule has 0 saturated carbocycles. The molecule has 0 fully saturated rings. The molecule has 0 spiro atoms. The second-order valence-electron chi connectivity index (χ2n) is 5.84. The summed E-state index contributed by atoms with van der Waals surface area (Å²) in [5.41, 5.74) is -0.0828. The number of benzene rings is 1. The summed E-state index contributed by atoms with van der Waals surface area (Å²) in [4.78, 5) is 12.5. The van der Waals surface area contributed by atoms with Gasteiger partial charge in [0.2, 0.25) is 5.88 Å². The summed E-state index contributed by atoms with van der Waals surface area (Å²) in [6.45, 7) is 4.68. The standard InChI is InChI=1S/C18H13F3N2O4/c1-4-5-22-13-8-12(23-15(24)6-10(9(2)3)16(23)25)11(19)7-14(13)27-18(20,21)17(22)26/h1,6-8,24-25H,2,5H2,3H3. The van der Waals surface area contributed by atoms with Crippen molar-refractivity contribution in [3.8, 4) is 35.5 Å². The van der Waals surface area contributed by atoms with Gasteiger partial charge in [0.25, 0.3) is 0 Å². The average molecular weight is 378 g/mol. The molecule has 0 radical (unpaired) electrons. The number of alkyl halides is 2. The molecule has 0 saturated heterocycles. The molecule has 27 heavy (non-hydrogen) atoms. The fourth-order valence-electron chi connectivity index (χ4n) is 2.73. The number of anilines is 1. The van der Waals surface area contributed by atoms with Crippen molar-refractivity contribution < 1.29 is 32.9 Å². The Balaban J connectivity index is 2.25. The molecular formula is C18H13F3N2O4. The predicted octanol–water partition coefficient (Wildman–Crippen LogP) is 3.01. The fourth-order valence-corrected chi connectivity index (χ4v) is 2.73. The number of aromatic hydroxyl groups is 2. The summed E-state index contributed by atoms with van der Waals surface area (Å²) < 4.78 is 47.1. The molecule has 1 aromatic heterocycles. The molecule has 0 atom stereocenters. The molecule has 1 aromatic carbocycles. The van der Waals surface area contributed by atoms with Gasteiger partial charge in [-0.1, -0.05) is 12.5 Å². The largest absolute Gasteiger partial charge is 0.494 e. The van der Waals surface area contributed by atoms with E-state index in [9.17, 15) is 28.2 Å². The highest BCUT2D eigenvalue weighted by molar-refractivity contribution is 6.01. The number of hydrogen-bond acceptors (Lipinski definition) is 4. The molecule has 0 aliphatic carbocycles. The van der Waals surface area contributed by atoms with Crippen LogP contribution in [0.5, 0.6) is 17.5 Å². The molecule has 1 aliphatic heterocycles. The number of aromatic nitrogens is 1. The number of rotatable bonds is 3. The first-order valence-corrected chi connectivity index (χ1v) is 7.54. The monoisotopic (exact) mass is 378 g/mol. The van der Waals surface area contributed by atoms with E-state index < -0.39 is 47.6 Å². The molecule has 1 amide bonds. The fraction of sp³-hybridized carbons (Fsp3) is 0.167. The highest BCUT2D eigenvalue weighted by Gasteiger charge is 2.50. The molecule has 9 heteroatoms. The lowest BCUT2D eigenvalue weighted by atomic mass is 10.1. The van der Waals surface area contributed by atoms with Crippen LogP contribution in [0.2, 0.25) is 0 Å². The summed E-state index contributed by atoms with van der Waals surface area (Å²) in [6, 6.07) is 2.75. The third kappa shape index (κ3) is 2.75. The van der Waals surface area contributed by atoms with E-state index in [1.165, 1.54) is 0 Å². The molecule has 6 nitrogen and oxygen atoms in total. The lowest BCUT2D eigenvalue weighted by molar-refractivity contribution is -0.192. The predicted molar refractivity (Wildman–Crippen MR) is 90.5 cm³/mol. The zero-order valence-corrected chi connectivity index (χ0v) is 14.0. The van der Waals surface area contributed by atoms with Gasteiger partial charge < -0.3 is 14.9 Å². The van der Waals surface area contributed by atoms with Crippen LogP contribution in [0.1, 0.15) is 12.5 Å². The SMILES string of the molecule is C#CCN1C(=O)C(F)(F)Oc2cc(F)c(-n3c(O)cc(C(=C)C)c3O)cc21. The van der Waals surface area contributed by atoms with E-state index in [1.54, 1.807) is 6.92 Å². The third-order valence-electron chi connectivity index (χ3n) is 3.96. The van der Waals surface area contributed by atoms with Crippen LogP contribution in [-0.2, 0) is 4.79 Å². The van der Waals surface area contributed by atoms with Gasteiger partial charge in [0, 0.05) is 17.7 Å². The highest BCUT2D eigenvalue weighted by atomic mass is 19.3. The summed E-state index contributed by atoms with van der Waals surface area (Å²) in [5, 5.41) is 20.4. The Hall–Kier alpha value is -3.54. The molecule has 2 aromatic rings. The van der Waals surface area contributed by atoms with E-state index in [1.807, 2.05) is 0 Å². The number of hydrogen-bond donors (Lipinski definition) is 2. The summed E-state index contributed by atoms with van der Waals surface area (Å²) in [6.07, 6.45) is 0.927. The van der Waals surface area contributed by atoms with Gasteiger partial charge in [-0.25, -0.2) is 8.96 Å². The van der Waals surface area contributed by atoms with Crippen molar-refractivity contribution in [2.24, 2.45) is 0 Å². The Bertz CT molecular complexity index is 1020. The maximum absolute atomic E-state index is 14.6. The van der Waals surface area contributed by atoms with Gasteiger partial charge in [-0.15, -0.1) is 6.42 Å². The van der Waals surface area contributed by atoms with Crippen molar-refractivity contribution in [3.63, 3.8) is 0 Å². The van der Waals surface area contributed by atoms with Crippen LogP contribution < -0.4 is 9.64 Å². The lowest BCUT2D eigenvalue weighted by Crippen LogP contribution is -2.51. The van der Waals surface area contributed by atoms with E-state index >= 15 is 0 Å². The topological polar surface area (TPSA) is 74.9 Å². The van der Waals surface area contributed by atoms with E-state index in [-0.39, 0.29) is 11.3 Å². The van der Waals surface area contributed by atoms with E-state index in [2.05, 4.69) is 17.2 Å². The molecule has 140 valence electrons. The van der Waals surface area contributed by atoms with Crippen molar-refractivity contribution >= 4 is 17.2 Å². The molecule has 2 N–H and O–H groups in total. The van der Waals surface area contributed by atoms with Crippen LogP contribution >= 0.6 is 0 Å². The number of nitrogens with zero attached hydrogens (tertiary/aromatic N) is 2. The maximum atomic E-state index is 14.6. The molecule has 1 aliphatic rings. The minimum Gasteiger partial charge on any atom is -0.494 e. The van der Waals surface area contributed by atoms with Gasteiger partial charge in [-0.3, -0.25) is 9.69 Å². The van der Waals surface area contributed by atoms with Crippen molar-refractivity contribution in [1.82, 2.24) is 4.57 Å². The quantitative estimate of drug-likeness (QED) is 0.806. The average Bonchev–Trinajstić information content (AvgIpc) is 2.86. The number of carbonyl (C=O) groups is 1.